The fourth-order valence-corrected chi connectivity index (χ4v) is 2.23. The number of hydrogen-bond acceptors (Lipinski definition) is 2. The molecule has 2 atom stereocenters. The molecule has 1 saturated heterocycles. The highest BCUT2D eigenvalue weighted by atomic mass is 35.5. The highest BCUT2D eigenvalue weighted by Crippen LogP contribution is 2.12. The molecule has 1 heterocycles. The second kappa shape index (κ2) is 6.51. The molecule has 0 saturated carbocycles. The Kier molecular flexibility index (Phi) is 5.65. The van der Waals surface area contributed by atoms with Crippen molar-refractivity contribution in [2.24, 2.45) is 5.92 Å². The van der Waals surface area contributed by atoms with Gasteiger partial charge in [0.05, 0.1) is 0 Å². The average Bonchev–Trinajstić information content (AvgIpc) is 2.18. The van der Waals surface area contributed by atoms with Crippen LogP contribution >= 0.6 is 11.6 Å². The lowest BCUT2D eigenvalue weighted by molar-refractivity contribution is 0.146. The SMILES string of the molecule is CC(C)CC1CN(C/C=C/Cl)C(C)CN1. The van der Waals surface area contributed by atoms with Crippen molar-refractivity contribution in [3.63, 3.8) is 0 Å². The molecule has 15 heavy (non-hydrogen) atoms. The van der Waals surface area contributed by atoms with Gasteiger partial charge in [-0.2, -0.15) is 0 Å². The van der Waals surface area contributed by atoms with Crippen LogP contribution in [0.15, 0.2) is 11.6 Å². The van der Waals surface area contributed by atoms with E-state index in [1.807, 2.05) is 6.08 Å². The molecule has 0 aromatic rings. The van der Waals surface area contributed by atoms with E-state index in [9.17, 15) is 0 Å². The minimum Gasteiger partial charge on any atom is -0.311 e. The van der Waals surface area contributed by atoms with Crippen molar-refractivity contribution >= 4 is 11.6 Å². The second-order valence-corrected chi connectivity index (χ2v) is 5.15. The number of nitrogens with zero attached hydrogens (tertiary/aromatic N) is 1. The summed E-state index contributed by atoms with van der Waals surface area (Å²) in [6, 6.07) is 1.26. The molecule has 1 N–H and O–H groups in total. The van der Waals surface area contributed by atoms with Gasteiger partial charge in [0, 0.05) is 37.3 Å². The van der Waals surface area contributed by atoms with Crippen molar-refractivity contribution in [1.29, 1.82) is 0 Å². The Morgan fingerprint density at radius 1 is 1.53 bits per heavy atom. The Bertz CT molecular complexity index is 204. The fourth-order valence-electron chi connectivity index (χ4n) is 2.15. The molecule has 3 heteroatoms. The first kappa shape index (κ1) is 13.0. The van der Waals surface area contributed by atoms with Crippen LogP contribution in [0.3, 0.4) is 0 Å². The Labute approximate surface area is 98.7 Å². The van der Waals surface area contributed by atoms with E-state index in [2.05, 4.69) is 31.0 Å². The van der Waals surface area contributed by atoms with Crippen LogP contribution < -0.4 is 5.32 Å². The first-order valence-electron chi connectivity index (χ1n) is 5.86. The van der Waals surface area contributed by atoms with Gasteiger partial charge in [-0.25, -0.2) is 0 Å². The summed E-state index contributed by atoms with van der Waals surface area (Å²) in [5.74, 6) is 0.765. The maximum absolute atomic E-state index is 5.57. The van der Waals surface area contributed by atoms with Gasteiger partial charge in [0.1, 0.15) is 0 Å². The first-order chi connectivity index (χ1) is 7.13. The van der Waals surface area contributed by atoms with E-state index in [1.165, 1.54) is 6.42 Å². The first-order valence-corrected chi connectivity index (χ1v) is 6.29. The number of nitrogens with one attached hydrogen (secondary N) is 1. The molecule has 0 amide bonds. The molecule has 88 valence electrons. The van der Waals surface area contributed by atoms with E-state index >= 15 is 0 Å². The monoisotopic (exact) mass is 230 g/mol. The highest BCUT2D eigenvalue weighted by Gasteiger charge is 2.24. The Morgan fingerprint density at radius 2 is 2.27 bits per heavy atom. The Morgan fingerprint density at radius 3 is 2.87 bits per heavy atom. The molecule has 0 radical (unpaired) electrons. The third kappa shape index (κ3) is 4.54. The average molecular weight is 231 g/mol. The summed E-state index contributed by atoms with van der Waals surface area (Å²) in [5, 5.41) is 3.61. The summed E-state index contributed by atoms with van der Waals surface area (Å²) in [6.45, 7) is 10.0. The van der Waals surface area contributed by atoms with Crippen LogP contribution in [0.4, 0.5) is 0 Å². The molecule has 1 rings (SSSR count). The lowest BCUT2D eigenvalue weighted by atomic mass is 10.0. The van der Waals surface area contributed by atoms with Gasteiger partial charge in [-0.1, -0.05) is 31.5 Å². The maximum atomic E-state index is 5.57. The lowest BCUT2D eigenvalue weighted by Crippen LogP contribution is -2.55. The maximum Gasteiger partial charge on any atom is 0.0198 e. The van der Waals surface area contributed by atoms with Gasteiger partial charge in [-0.3, -0.25) is 4.90 Å². The molecule has 1 aliphatic rings. The zero-order valence-electron chi connectivity index (χ0n) is 10.0. The zero-order valence-corrected chi connectivity index (χ0v) is 10.8. The predicted octanol–water partition coefficient (Wildman–Crippen LogP) is 2.45. The molecule has 2 unspecified atom stereocenters. The summed E-state index contributed by atoms with van der Waals surface area (Å²) in [5.41, 5.74) is 1.62. The van der Waals surface area contributed by atoms with Gasteiger partial charge in [-0.15, -0.1) is 0 Å². The molecule has 2 nitrogen and oxygen atoms in total. The highest BCUT2D eigenvalue weighted by molar-refractivity contribution is 6.25. The van der Waals surface area contributed by atoms with Crippen molar-refractivity contribution < 1.29 is 0 Å². The van der Waals surface area contributed by atoms with E-state index in [-0.39, 0.29) is 0 Å². The van der Waals surface area contributed by atoms with Gasteiger partial charge < -0.3 is 5.32 Å². The molecule has 0 aromatic heterocycles. The third-order valence-electron chi connectivity index (χ3n) is 2.97. The van der Waals surface area contributed by atoms with Gasteiger partial charge >= 0.3 is 0 Å². The van der Waals surface area contributed by atoms with E-state index < -0.39 is 0 Å². The fraction of sp³-hybridized carbons (Fsp3) is 0.833. The minimum absolute atomic E-state index is 0.612. The van der Waals surface area contributed by atoms with Crippen molar-refractivity contribution in [1.82, 2.24) is 10.2 Å². The van der Waals surface area contributed by atoms with Crippen LogP contribution in [0, 0.1) is 5.92 Å². The van der Waals surface area contributed by atoms with Crippen LogP contribution in [0.5, 0.6) is 0 Å². The number of hydrogen-bond donors (Lipinski definition) is 1. The van der Waals surface area contributed by atoms with Crippen LogP contribution in [0.2, 0.25) is 0 Å². The van der Waals surface area contributed by atoms with Crippen molar-refractivity contribution in [3.05, 3.63) is 11.6 Å². The van der Waals surface area contributed by atoms with Crippen molar-refractivity contribution in [3.8, 4) is 0 Å². The van der Waals surface area contributed by atoms with Gasteiger partial charge in [-0.05, 0) is 19.3 Å². The number of halogens is 1. The normalized spacial score (nSPS) is 29.1. The quantitative estimate of drug-likeness (QED) is 0.798. The summed E-state index contributed by atoms with van der Waals surface area (Å²) in [6.07, 6.45) is 3.28. The minimum atomic E-state index is 0.612. The lowest BCUT2D eigenvalue weighted by Gasteiger charge is -2.38. The van der Waals surface area contributed by atoms with E-state index in [0.29, 0.717) is 12.1 Å². The topological polar surface area (TPSA) is 15.3 Å². The second-order valence-electron chi connectivity index (χ2n) is 4.90. The smallest absolute Gasteiger partial charge is 0.0198 e. The van der Waals surface area contributed by atoms with E-state index in [1.54, 1.807) is 5.54 Å². The number of piperazine rings is 1. The van der Waals surface area contributed by atoms with Crippen LogP contribution in [0.1, 0.15) is 27.2 Å². The molecule has 0 spiro atoms. The van der Waals surface area contributed by atoms with Gasteiger partial charge in [0.25, 0.3) is 0 Å². The summed E-state index contributed by atoms with van der Waals surface area (Å²) in [4.78, 5) is 2.49. The van der Waals surface area contributed by atoms with Gasteiger partial charge in [0.15, 0.2) is 0 Å². The van der Waals surface area contributed by atoms with Crippen molar-refractivity contribution in [2.75, 3.05) is 19.6 Å². The molecular formula is C12H23ClN2. The Balaban J connectivity index is 2.40. The summed E-state index contributed by atoms with van der Waals surface area (Å²) in [7, 11) is 0. The molecule has 0 aromatic carbocycles. The summed E-state index contributed by atoms with van der Waals surface area (Å²) >= 11 is 5.57. The molecule has 0 bridgehead atoms. The zero-order chi connectivity index (χ0) is 11.3. The molecule has 0 aliphatic carbocycles. The van der Waals surface area contributed by atoms with Crippen molar-refractivity contribution in [2.45, 2.75) is 39.3 Å². The van der Waals surface area contributed by atoms with Crippen LogP contribution in [-0.2, 0) is 0 Å². The molecular weight excluding hydrogens is 208 g/mol. The molecule has 1 fully saturated rings. The Hall–Kier alpha value is -0.0500. The van der Waals surface area contributed by atoms with Crippen LogP contribution in [-0.4, -0.2) is 36.6 Å². The standard InChI is InChI=1S/C12H23ClN2/c1-10(2)7-12-9-15(6-4-5-13)11(3)8-14-12/h4-5,10-12,14H,6-9H2,1-3H3/b5-4+. The third-order valence-corrected chi connectivity index (χ3v) is 3.14. The predicted molar refractivity (Wildman–Crippen MR) is 67.3 cm³/mol. The largest absolute Gasteiger partial charge is 0.311 e. The van der Waals surface area contributed by atoms with E-state index in [0.717, 1.165) is 25.6 Å². The van der Waals surface area contributed by atoms with Crippen LogP contribution in [0.25, 0.3) is 0 Å². The number of rotatable bonds is 4. The summed E-state index contributed by atoms with van der Waals surface area (Å²) < 4.78 is 0. The van der Waals surface area contributed by atoms with E-state index in [4.69, 9.17) is 11.6 Å². The van der Waals surface area contributed by atoms with Gasteiger partial charge in [0.2, 0.25) is 0 Å². The molecule has 1 aliphatic heterocycles.